The monoisotopic (exact) mass is 289 g/mol. The normalized spacial score (nSPS) is 20.0. The Hall–Kier alpha value is -1.20. The van der Waals surface area contributed by atoms with Crippen molar-refractivity contribution in [2.45, 2.75) is 59.2 Å². The quantitative estimate of drug-likeness (QED) is 0.631. The molecule has 1 saturated heterocycles. The van der Waals surface area contributed by atoms with Crippen molar-refractivity contribution in [1.82, 2.24) is 4.98 Å². The maximum absolute atomic E-state index is 12.2. The summed E-state index contributed by atoms with van der Waals surface area (Å²) < 4.78 is 12.0. The van der Waals surface area contributed by atoms with Crippen LogP contribution in [0.5, 0.6) is 0 Å². The van der Waals surface area contributed by atoms with Gasteiger partial charge in [0.25, 0.3) is 0 Å². The van der Waals surface area contributed by atoms with Gasteiger partial charge in [-0.2, -0.15) is 0 Å². The van der Waals surface area contributed by atoms with Gasteiger partial charge < -0.3 is 9.31 Å². The summed E-state index contributed by atoms with van der Waals surface area (Å²) in [5.41, 5.74) is 0.629. The summed E-state index contributed by atoms with van der Waals surface area (Å²) in [6, 6.07) is 1.83. The summed E-state index contributed by atoms with van der Waals surface area (Å²) in [7, 11) is -0.478. The van der Waals surface area contributed by atoms with Crippen LogP contribution in [0.3, 0.4) is 0 Å². The number of carbonyl (C=O) groups excluding carboxylic acids is 1. The van der Waals surface area contributed by atoms with Gasteiger partial charge in [-0.1, -0.05) is 13.8 Å². The van der Waals surface area contributed by atoms with E-state index in [9.17, 15) is 4.79 Å². The van der Waals surface area contributed by atoms with Crippen LogP contribution in [-0.4, -0.2) is 29.1 Å². The lowest BCUT2D eigenvalue weighted by atomic mass is 9.79. The first kappa shape index (κ1) is 16.2. The molecular formula is C16H24BNO3. The van der Waals surface area contributed by atoms with E-state index < -0.39 is 18.3 Å². The second-order valence-corrected chi connectivity index (χ2v) is 7.12. The number of rotatable bonds is 4. The molecule has 0 spiro atoms. The van der Waals surface area contributed by atoms with E-state index in [1.54, 1.807) is 12.4 Å². The lowest BCUT2D eigenvalue weighted by molar-refractivity contribution is 0.00578. The number of carbonyl (C=O) groups is 1. The summed E-state index contributed by atoms with van der Waals surface area (Å²) in [5, 5.41) is 0. The molecule has 0 aliphatic carbocycles. The van der Waals surface area contributed by atoms with Gasteiger partial charge >= 0.3 is 7.12 Å². The van der Waals surface area contributed by atoms with Crippen LogP contribution >= 0.6 is 0 Å². The highest BCUT2D eigenvalue weighted by Gasteiger charge is 2.51. The van der Waals surface area contributed by atoms with Crippen molar-refractivity contribution in [3.05, 3.63) is 24.0 Å². The van der Waals surface area contributed by atoms with Crippen molar-refractivity contribution in [1.29, 1.82) is 0 Å². The summed E-state index contributed by atoms with van der Waals surface area (Å²) in [6.45, 7) is 12.1. The van der Waals surface area contributed by atoms with Crippen LogP contribution in [0.1, 0.15) is 58.3 Å². The second kappa shape index (κ2) is 5.54. The van der Waals surface area contributed by atoms with E-state index in [0.29, 0.717) is 17.9 Å². The zero-order valence-corrected chi connectivity index (χ0v) is 13.8. The SMILES string of the molecule is CC(C)CC(=O)c1cncc(B2OC(C)(C)C(C)(C)O2)c1. The van der Waals surface area contributed by atoms with Crippen LogP contribution < -0.4 is 5.46 Å². The highest BCUT2D eigenvalue weighted by molar-refractivity contribution is 6.62. The van der Waals surface area contributed by atoms with Crippen molar-refractivity contribution in [2.24, 2.45) is 5.92 Å². The lowest BCUT2D eigenvalue weighted by Gasteiger charge is -2.32. The number of hydrogen-bond donors (Lipinski definition) is 0. The van der Waals surface area contributed by atoms with Gasteiger partial charge in [-0.25, -0.2) is 0 Å². The molecule has 2 heterocycles. The Balaban J connectivity index is 2.21. The van der Waals surface area contributed by atoms with Crippen molar-refractivity contribution >= 4 is 18.4 Å². The molecule has 0 unspecified atom stereocenters. The van der Waals surface area contributed by atoms with Crippen LogP contribution in [0.2, 0.25) is 0 Å². The van der Waals surface area contributed by atoms with Crippen LogP contribution in [0, 0.1) is 5.92 Å². The topological polar surface area (TPSA) is 48.4 Å². The van der Waals surface area contributed by atoms with Crippen molar-refractivity contribution in [2.75, 3.05) is 0 Å². The van der Waals surface area contributed by atoms with Gasteiger partial charge in [0.2, 0.25) is 0 Å². The number of ketones is 1. The molecular weight excluding hydrogens is 265 g/mol. The van der Waals surface area contributed by atoms with E-state index in [2.05, 4.69) is 4.98 Å². The minimum atomic E-state index is -0.478. The molecule has 0 N–H and O–H groups in total. The van der Waals surface area contributed by atoms with E-state index in [4.69, 9.17) is 9.31 Å². The van der Waals surface area contributed by atoms with Gasteiger partial charge in [0.1, 0.15) is 0 Å². The smallest absolute Gasteiger partial charge is 0.399 e. The van der Waals surface area contributed by atoms with Crippen molar-refractivity contribution in [3.8, 4) is 0 Å². The molecule has 4 nitrogen and oxygen atoms in total. The average Bonchev–Trinajstić information content (AvgIpc) is 2.58. The van der Waals surface area contributed by atoms with E-state index in [1.807, 2.05) is 47.6 Å². The first-order chi connectivity index (χ1) is 9.62. The maximum Gasteiger partial charge on any atom is 0.496 e. The predicted octanol–water partition coefficient (Wildman–Crippen LogP) is 2.61. The van der Waals surface area contributed by atoms with E-state index in [-0.39, 0.29) is 5.78 Å². The summed E-state index contributed by atoms with van der Waals surface area (Å²) >= 11 is 0. The van der Waals surface area contributed by atoms with Crippen molar-refractivity contribution in [3.63, 3.8) is 0 Å². The molecule has 0 atom stereocenters. The molecule has 0 saturated carbocycles. The molecule has 0 radical (unpaired) electrons. The number of nitrogens with zero attached hydrogens (tertiary/aromatic N) is 1. The van der Waals surface area contributed by atoms with E-state index in [0.717, 1.165) is 5.46 Å². The maximum atomic E-state index is 12.2. The molecule has 1 aliphatic rings. The van der Waals surface area contributed by atoms with Gasteiger partial charge in [0.15, 0.2) is 5.78 Å². The zero-order chi connectivity index (χ0) is 15.8. The fraction of sp³-hybridized carbons (Fsp3) is 0.625. The van der Waals surface area contributed by atoms with Gasteiger partial charge in [0.05, 0.1) is 11.2 Å². The molecule has 114 valence electrons. The third kappa shape index (κ3) is 3.35. The zero-order valence-electron chi connectivity index (χ0n) is 13.8. The van der Waals surface area contributed by atoms with E-state index >= 15 is 0 Å². The summed E-state index contributed by atoms with van der Waals surface area (Å²) in [5.74, 6) is 0.439. The Morgan fingerprint density at radius 3 is 2.29 bits per heavy atom. The molecule has 0 aromatic carbocycles. The first-order valence-electron chi connectivity index (χ1n) is 7.46. The fourth-order valence-corrected chi connectivity index (χ4v) is 2.21. The average molecular weight is 289 g/mol. The number of Topliss-reactive ketones (excluding diaryl/α,β-unsaturated/α-hetero) is 1. The largest absolute Gasteiger partial charge is 0.496 e. The minimum Gasteiger partial charge on any atom is -0.399 e. The van der Waals surface area contributed by atoms with Gasteiger partial charge in [-0.05, 0) is 39.7 Å². The molecule has 5 heteroatoms. The Labute approximate surface area is 127 Å². The molecule has 0 bridgehead atoms. The Morgan fingerprint density at radius 2 is 1.76 bits per heavy atom. The standard InChI is InChI=1S/C16H24BNO3/c1-11(2)7-14(19)12-8-13(10-18-9-12)17-20-15(3,4)16(5,6)21-17/h8-11H,7H2,1-6H3. The van der Waals surface area contributed by atoms with Gasteiger partial charge in [-0.15, -0.1) is 0 Å². The molecule has 1 aromatic rings. The highest BCUT2D eigenvalue weighted by Crippen LogP contribution is 2.36. The summed E-state index contributed by atoms with van der Waals surface area (Å²) in [6.07, 6.45) is 3.84. The number of aromatic nitrogens is 1. The molecule has 1 fully saturated rings. The number of hydrogen-bond acceptors (Lipinski definition) is 4. The predicted molar refractivity (Wildman–Crippen MR) is 83.7 cm³/mol. The summed E-state index contributed by atoms with van der Waals surface area (Å²) in [4.78, 5) is 16.3. The third-order valence-corrected chi connectivity index (χ3v) is 4.20. The van der Waals surface area contributed by atoms with Crippen LogP contribution in [0.15, 0.2) is 18.5 Å². The Morgan fingerprint density at radius 1 is 1.19 bits per heavy atom. The second-order valence-electron chi connectivity index (χ2n) is 7.12. The Bertz CT molecular complexity index is 524. The molecule has 2 rings (SSSR count). The van der Waals surface area contributed by atoms with E-state index in [1.165, 1.54) is 0 Å². The van der Waals surface area contributed by atoms with Crippen molar-refractivity contribution < 1.29 is 14.1 Å². The molecule has 21 heavy (non-hydrogen) atoms. The minimum absolute atomic E-state index is 0.107. The van der Waals surface area contributed by atoms with Crippen LogP contribution in [0.4, 0.5) is 0 Å². The lowest BCUT2D eigenvalue weighted by Crippen LogP contribution is -2.41. The molecule has 0 amide bonds. The highest BCUT2D eigenvalue weighted by atomic mass is 16.7. The number of pyridine rings is 1. The molecule has 1 aliphatic heterocycles. The molecule has 1 aromatic heterocycles. The van der Waals surface area contributed by atoms with Crippen LogP contribution in [0.25, 0.3) is 0 Å². The fourth-order valence-electron chi connectivity index (χ4n) is 2.21. The Kier molecular flexibility index (Phi) is 4.27. The van der Waals surface area contributed by atoms with Crippen LogP contribution in [-0.2, 0) is 9.31 Å². The first-order valence-corrected chi connectivity index (χ1v) is 7.46. The third-order valence-electron chi connectivity index (χ3n) is 4.20. The van der Waals surface area contributed by atoms with Gasteiger partial charge in [-0.3, -0.25) is 9.78 Å². The van der Waals surface area contributed by atoms with Gasteiger partial charge in [0, 0.05) is 29.8 Å².